The molecule has 0 atom stereocenters. The van der Waals surface area contributed by atoms with Crippen LogP contribution in [-0.2, 0) is 4.74 Å². The van der Waals surface area contributed by atoms with Crippen LogP contribution in [0.25, 0.3) is 0 Å². The molecular weight excluding hydrogens is 148 g/mol. The molecule has 0 N–H and O–H groups in total. The van der Waals surface area contributed by atoms with Crippen molar-refractivity contribution in [2.24, 2.45) is 0 Å². The van der Waals surface area contributed by atoms with Crippen LogP contribution in [0.5, 0.6) is 0 Å². The van der Waals surface area contributed by atoms with Gasteiger partial charge in [0.15, 0.2) is 0 Å². The van der Waals surface area contributed by atoms with E-state index in [4.69, 9.17) is 4.74 Å². The van der Waals surface area contributed by atoms with Gasteiger partial charge in [-0.15, -0.1) is 0 Å². The van der Waals surface area contributed by atoms with Gasteiger partial charge in [0.2, 0.25) is 0 Å². The third-order valence-corrected chi connectivity index (χ3v) is 1.91. The van der Waals surface area contributed by atoms with Crippen LogP contribution >= 0.6 is 0 Å². The Morgan fingerprint density at radius 1 is 1.25 bits per heavy atom. The molecule has 0 radical (unpaired) electrons. The van der Waals surface area contributed by atoms with E-state index in [1.165, 1.54) is 5.57 Å². The van der Waals surface area contributed by atoms with E-state index < -0.39 is 0 Å². The molecule has 0 heterocycles. The normalized spacial score (nSPS) is 16.5. The fourth-order valence-corrected chi connectivity index (χ4v) is 1.22. The van der Waals surface area contributed by atoms with Crippen molar-refractivity contribution in [3.63, 3.8) is 0 Å². The smallest absolute Gasteiger partial charge is 0.1000 e. The molecule has 0 unspecified atom stereocenters. The predicted octanol–water partition coefficient (Wildman–Crippen LogP) is 3.20. The Hall–Kier alpha value is -0.980. The Labute approximate surface area is 74.4 Å². The highest BCUT2D eigenvalue weighted by molar-refractivity contribution is 5.25. The Balaban J connectivity index is 2.61. The second-order valence-corrected chi connectivity index (χ2v) is 2.81. The van der Waals surface area contributed by atoms with Crippen molar-refractivity contribution in [2.45, 2.75) is 26.7 Å². The molecule has 1 aliphatic rings. The van der Waals surface area contributed by atoms with Gasteiger partial charge in [-0.2, -0.15) is 0 Å². The monoisotopic (exact) mass is 164 g/mol. The number of hydrogen-bond donors (Lipinski definition) is 0. The van der Waals surface area contributed by atoms with Crippen LogP contribution in [0.4, 0.5) is 0 Å². The molecular formula is C11H16O. The lowest BCUT2D eigenvalue weighted by Crippen LogP contribution is -1.92. The van der Waals surface area contributed by atoms with E-state index in [0.717, 1.165) is 25.2 Å². The van der Waals surface area contributed by atoms with E-state index in [-0.39, 0.29) is 0 Å². The average Bonchev–Trinajstić information content (AvgIpc) is 2.30. The van der Waals surface area contributed by atoms with E-state index in [0.29, 0.717) is 0 Å². The van der Waals surface area contributed by atoms with Gasteiger partial charge in [-0.05, 0) is 19.4 Å². The summed E-state index contributed by atoms with van der Waals surface area (Å²) in [6.45, 7) is 4.95. The van der Waals surface area contributed by atoms with Gasteiger partial charge in [-0.1, -0.05) is 30.7 Å². The molecule has 1 nitrogen and oxygen atoms in total. The van der Waals surface area contributed by atoms with Crippen molar-refractivity contribution >= 4 is 0 Å². The van der Waals surface area contributed by atoms with Crippen molar-refractivity contribution < 1.29 is 4.74 Å². The van der Waals surface area contributed by atoms with Crippen LogP contribution in [0.2, 0.25) is 0 Å². The molecule has 66 valence electrons. The molecule has 1 rings (SSSR count). The van der Waals surface area contributed by atoms with E-state index in [9.17, 15) is 0 Å². The maximum Gasteiger partial charge on any atom is 0.1000 e. The quantitative estimate of drug-likeness (QED) is 0.622. The fourth-order valence-electron chi connectivity index (χ4n) is 1.22. The van der Waals surface area contributed by atoms with Crippen molar-refractivity contribution in [2.75, 3.05) is 6.61 Å². The molecule has 0 amide bonds. The minimum atomic E-state index is 0.761. The summed E-state index contributed by atoms with van der Waals surface area (Å²) < 4.78 is 5.46. The summed E-state index contributed by atoms with van der Waals surface area (Å²) in [5.41, 5.74) is 1.43. The van der Waals surface area contributed by atoms with E-state index in [1.54, 1.807) is 0 Å². The summed E-state index contributed by atoms with van der Waals surface area (Å²) >= 11 is 0. The highest BCUT2D eigenvalue weighted by Gasteiger charge is 2.01. The Kier molecular flexibility index (Phi) is 3.65. The zero-order chi connectivity index (χ0) is 8.81. The minimum Gasteiger partial charge on any atom is -0.498 e. The fraction of sp³-hybridized carbons (Fsp3) is 0.455. The first-order valence-corrected chi connectivity index (χ1v) is 4.55. The van der Waals surface area contributed by atoms with Crippen LogP contribution in [0.15, 0.2) is 35.6 Å². The van der Waals surface area contributed by atoms with E-state index >= 15 is 0 Å². The number of ether oxygens (including phenoxy) is 1. The third-order valence-electron chi connectivity index (χ3n) is 1.91. The minimum absolute atomic E-state index is 0.761. The van der Waals surface area contributed by atoms with Gasteiger partial charge in [-0.3, -0.25) is 0 Å². The molecule has 0 aromatic rings. The van der Waals surface area contributed by atoms with Crippen molar-refractivity contribution in [3.8, 4) is 0 Å². The molecule has 0 aliphatic heterocycles. The van der Waals surface area contributed by atoms with Gasteiger partial charge in [0.05, 0.1) is 12.4 Å². The summed E-state index contributed by atoms with van der Waals surface area (Å²) in [5.74, 6) is 1.08. The molecule has 0 spiro atoms. The summed E-state index contributed by atoms with van der Waals surface area (Å²) in [7, 11) is 0. The zero-order valence-electron chi connectivity index (χ0n) is 7.84. The van der Waals surface area contributed by atoms with Gasteiger partial charge in [0, 0.05) is 6.42 Å². The van der Waals surface area contributed by atoms with Crippen LogP contribution in [0.1, 0.15) is 26.7 Å². The maximum absolute atomic E-state index is 5.46. The standard InChI is InChI=1S/C11H16O/c1-3-10-7-5-6-8-11(9-10)12-4-2/h5-8H,3-4,9H2,1-2H3. The Morgan fingerprint density at radius 2 is 2.00 bits per heavy atom. The second kappa shape index (κ2) is 4.81. The number of allylic oxidation sites excluding steroid dienone is 5. The van der Waals surface area contributed by atoms with Crippen LogP contribution in [-0.4, -0.2) is 6.61 Å². The summed E-state index contributed by atoms with van der Waals surface area (Å²) in [6.07, 6.45) is 10.4. The largest absolute Gasteiger partial charge is 0.498 e. The van der Waals surface area contributed by atoms with Gasteiger partial charge in [0.1, 0.15) is 0 Å². The first-order chi connectivity index (χ1) is 5.86. The van der Waals surface area contributed by atoms with Gasteiger partial charge in [-0.25, -0.2) is 0 Å². The van der Waals surface area contributed by atoms with Crippen molar-refractivity contribution in [3.05, 3.63) is 35.6 Å². The molecule has 0 fully saturated rings. The van der Waals surface area contributed by atoms with Gasteiger partial charge >= 0.3 is 0 Å². The van der Waals surface area contributed by atoms with Crippen molar-refractivity contribution in [1.82, 2.24) is 0 Å². The topological polar surface area (TPSA) is 9.23 Å². The number of hydrogen-bond acceptors (Lipinski definition) is 1. The van der Waals surface area contributed by atoms with Crippen LogP contribution in [0.3, 0.4) is 0 Å². The molecule has 12 heavy (non-hydrogen) atoms. The third kappa shape index (κ3) is 2.57. The van der Waals surface area contributed by atoms with Gasteiger partial charge in [0.25, 0.3) is 0 Å². The van der Waals surface area contributed by atoms with Gasteiger partial charge < -0.3 is 4.74 Å². The first kappa shape index (κ1) is 9.11. The summed E-state index contributed by atoms with van der Waals surface area (Å²) in [4.78, 5) is 0. The van der Waals surface area contributed by atoms with E-state index in [1.807, 2.05) is 19.1 Å². The molecule has 0 aromatic heterocycles. The maximum atomic E-state index is 5.46. The average molecular weight is 164 g/mol. The van der Waals surface area contributed by atoms with Crippen LogP contribution in [0, 0.1) is 0 Å². The highest BCUT2D eigenvalue weighted by atomic mass is 16.5. The molecule has 1 heteroatoms. The lowest BCUT2D eigenvalue weighted by Gasteiger charge is -2.08. The highest BCUT2D eigenvalue weighted by Crippen LogP contribution is 2.17. The predicted molar refractivity (Wildman–Crippen MR) is 51.8 cm³/mol. The molecule has 0 bridgehead atoms. The SMILES string of the molecule is CCOC1=CC=CC=C(CC)C1. The zero-order valence-corrected chi connectivity index (χ0v) is 7.84. The summed E-state index contributed by atoms with van der Waals surface area (Å²) in [5, 5.41) is 0. The lowest BCUT2D eigenvalue weighted by atomic mass is 10.1. The number of rotatable bonds is 3. The second-order valence-electron chi connectivity index (χ2n) is 2.81. The molecule has 0 saturated heterocycles. The molecule has 0 saturated carbocycles. The molecule has 0 aromatic carbocycles. The van der Waals surface area contributed by atoms with Crippen LogP contribution < -0.4 is 0 Å². The lowest BCUT2D eigenvalue weighted by molar-refractivity contribution is 0.223. The first-order valence-electron chi connectivity index (χ1n) is 4.55. The van der Waals surface area contributed by atoms with Crippen molar-refractivity contribution in [1.29, 1.82) is 0 Å². The Bertz CT molecular complexity index is 221. The van der Waals surface area contributed by atoms with E-state index in [2.05, 4.69) is 19.1 Å². The molecule has 1 aliphatic carbocycles. The summed E-state index contributed by atoms with van der Waals surface area (Å²) in [6, 6.07) is 0. The Morgan fingerprint density at radius 3 is 2.67 bits per heavy atom.